The molecule has 0 saturated heterocycles. The molecular weight excluding hydrogens is 365 g/mol. The van der Waals surface area contributed by atoms with Crippen LogP contribution in [0.4, 0.5) is 22.0 Å². The van der Waals surface area contributed by atoms with Gasteiger partial charge >= 0.3 is 12.1 Å². The van der Waals surface area contributed by atoms with Crippen molar-refractivity contribution in [1.82, 2.24) is 10.6 Å². The number of nitrogens with two attached hydrogens (primary N) is 1. The second-order valence-electron chi connectivity index (χ2n) is 5.48. The molecule has 6 nitrogen and oxygen atoms in total. The summed E-state index contributed by atoms with van der Waals surface area (Å²) in [6.07, 6.45) is -7.50. The average molecular weight is 383 g/mol. The highest BCUT2D eigenvalue weighted by Gasteiger charge is 2.47. The molecule has 146 valence electrons. The fourth-order valence-electron chi connectivity index (χ4n) is 1.87. The van der Waals surface area contributed by atoms with Gasteiger partial charge in [-0.1, -0.05) is 30.3 Å². The molecule has 2 amide bonds. The van der Waals surface area contributed by atoms with Crippen LogP contribution in [0.5, 0.6) is 0 Å². The lowest BCUT2D eigenvalue weighted by Gasteiger charge is -2.23. The quantitative estimate of drug-likeness (QED) is 0.486. The van der Waals surface area contributed by atoms with Gasteiger partial charge in [-0.15, -0.1) is 0 Å². The van der Waals surface area contributed by atoms with Gasteiger partial charge < -0.3 is 21.5 Å². The van der Waals surface area contributed by atoms with E-state index in [-0.39, 0.29) is 6.42 Å². The van der Waals surface area contributed by atoms with E-state index < -0.39 is 49.1 Å². The molecule has 0 aliphatic rings. The summed E-state index contributed by atoms with van der Waals surface area (Å²) in [6.45, 7) is -3.03. The molecule has 0 spiro atoms. The molecule has 0 aliphatic heterocycles. The van der Waals surface area contributed by atoms with Crippen molar-refractivity contribution < 1.29 is 36.6 Å². The third-order valence-electron chi connectivity index (χ3n) is 3.28. The molecule has 2 unspecified atom stereocenters. The Hall–Kier alpha value is -2.27. The number of benzene rings is 1. The topological polar surface area (TPSA) is 104 Å². The van der Waals surface area contributed by atoms with Gasteiger partial charge in [0, 0.05) is 0 Å². The van der Waals surface area contributed by atoms with Crippen LogP contribution in [-0.2, 0) is 16.0 Å². The van der Waals surface area contributed by atoms with E-state index in [2.05, 4.69) is 0 Å². The first-order chi connectivity index (χ1) is 11.9. The number of aliphatic hydroxyl groups is 1. The number of halogens is 5. The zero-order valence-electron chi connectivity index (χ0n) is 13.4. The first kappa shape index (κ1) is 21.8. The SMILES string of the molecule is NC(Cc1ccccc1)C(=O)NCC(O)C(F)(F)C(=O)NCC(F)(F)F. The first-order valence-electron chi connectivity index (χ1n) is 7.41. The lowest BCUT2D eigenvalue weighted by Crippen LogP contribution is -2.55. The predicted octanol–water partition coefficient (Wildman–Crippen LogP) is 0.347. The summed E-state index contributed by atoms with van der Waals surface area (Å²) in [7, 11) is 0. The standard InChI is InChI=1S/C15H18F5N3O3/c16-14(17,18)8-23-13(26)15(19,20)11(24)7-22-12(25)10(21)6-9-4-2-1-3-5-9/h1-5,10-11,24H,6-8,21H2,(H,22,25)(H,23,26). The molecule has 11 heteroatoms. The second-order valence-corrected chi connectivity index (χ2v) is 5.48. The number of hydrogen-bond acceptors (Lipinski definition) is 4. The van der Waals surface area contributed by atoms with Crippen molar-refractivity contribution >= 4 is 11.8 Å². The third-order valence-corrected chi connectivity index (χ3v) is 3.28. The largest absolute Gasteiger partial charge is 0.405 e. The number of aliphatic hydroxyl groups excluding tert-OH is 1. The van der Waals surface area contributed by atoms with E-state index in [0.717, 1.165) is 5.32 Å². The Morgan fingerprint density at radius 2 is 1.65 bits per heavy atom. The zero-order chi connectivity index (χ0) is 20.0. The molecular formula is C15H18F5N3O3. The van der Waals surface area contributed by atoms with Crippen LogP contribution < -0.4 is 16.4 Å². The minimum absolute atomic E-state index is 0.102. The van der Waals surface area contributed by atoms with Crippen molar-refractivity contribution in [3.05, 3.63) is 35.9 Å². The number of carbonyl (C=O) groups excluding carboxylic acids is 2. The van der Waals surface area contributed by atoms with Crippen molar-refractivity contribution in [3.8, 4) is 0 Å². The van der Waals surface area contributed by atoms with Gasteiger partial charge in [0.2, 0.25) is 5.91 Å². The molecule has 0 saturated carbocycles. The van der Waals surface area contributed by atoms with E-state index in [9.17, 15) is 36.6 Å². The van der Waals surface area contributed by atoms with Crippen LogP contribution >= 0.6 is 0 Å². The maximum absolute atomic E-state index is 13.6. The summed E-state index contributed by atoms with van der Waals surface area (Å²) in [5.74, 6) is -7.69. The van der Waals surface area contributed by atoms with E-state index in [1.807, 2.05) is 5.32 Å². The van der Waals surface area contributed by atoms with Gasteiger partial charge in [-0.3, -0.25) is 9.59 Å². The van der Waals surface area contributed by atoms with E-state index in [1.54, 1.807) is 30.3 Å². The molecule has 1 rings (SSSR count). The van der Waals surface area contributed by atoms with Crippen LogP contribution in [0.25, 0.3) is 0 Å². The van der Waals surface area contributed by atoms with E-state index in [4.69, 9.17) is 5.73 Å². The number of hydrogen-bond donors (Lipinski definition) is 4. The fraction of sp³-hybridized carbons (Fsp3) is 0.467. The minimum Gasteiger partial charge on any atom is -0.384 e. The monoisotopic (exact) mass is 383 g/mol. The molecule has 0 bridgehead atoms. The Labute approximate surface area is 145 Å². The summed E-state index contributed by atoms with van der Waals surface area (Å²) in [5, 5.41) is 12.3. The molecule has 0 fully saturated rings. The zero-order valence-corrected chi connectivity index (χ0v) is 13.4. The van der Waals surface area contributed by atoms with Crippen LogP contribution in [0.15, 0.2) is 30.3 Å². The predicted molar refractivity (Wildman–Crippen MR) is 81.1 cm³/mol. The van der Waals surface area contributed by atoms with Crippen LogP contribution in [0.3, 0.4) is 0 Å². The van der Waals surface area contributed by atoms with Gasteiger partial charge in [0.1, 0.15) is 12.6 Å². The Kier molecular flexibility index (Phi) is 7.45. The van der Waals surface area contributed by atoms with Crippen LogP contribution in [0.2, 0.25) is 0 Å². The van der Waals surface area contributed by atoms with Gasteiger partial charge in [-0.05, 0) is 12.0 Å². The molecule has 1 aromatic carbocycles. The number of alkyl halides is 5. The number of carbonyl (C=O) groups is 2. The minimum atomic E-state index is -4.88. The van der Waals surface area contributed by atoms with Gasteiger partial charge in [0.15, 0.2) is 0 Å². The van der Waals surface area contributed by atoms with Gasteiger partial charge in [-0.2, -0.15) is 22.0 Å². The lowest BCUT2D eigenvalue weighted by molar-refractivity contribution is -0.169. The summed E-state index contributed by atoms with van der Waals surface area (Å²) in [4.78, 5) is 22.9. The third kappa shape index (κ3) is 6.92. The van der Waals surface area contributed by atoms with Crippen molar-refractivity contribution in [2.45, 2.75) is 30.7 Å². The normalized spacial score (nSPS) is 14.4. The van der Waals surface area contributed by atoms with Gasteiger partial charge in [-0.25, -0.2) is 0 Å². The molecule has 0 aliphatic carbocycles. The Bertz CT molecular complexity index is 610. The van der Waals surface area contributed by atoms with Crippen molar-refractivity contribution in [3.63, 3.8) is 0 Å². The molecule has 5 N–H and O–H groups in total. The Morgan fingerprint density at radius 1 is 1.08 bits per heavy atom. The highest BCUT2D eigenvalue weighted by atomic mass is 19.4. The number of rotatable bonds is 8. The maximum atomic E-state index is 13.6. The highest BCUT2D eigenvalue weighted by Crippen LogP contribution is 2.20. The molecule has 0 heterocycles. The average Bonchev–Trinajstić information content (AvgIpc) is 2.57. The number of nitrogens with one attached hydrogen (secondary N) is 2. The van der Waals surface area contributed by atoms with E-state index >= 15 is 0 Å². The second kappa shape index (κ2) is 8.90. The molecule has 26 heavy (non-hydrogen) atoms. The van der Waals surface area contributed by atoms with Crippen LogP contribution in [0, 0.1) is 0 Å². The lowest BCUT2D eigenvalue weighted by atomic mass is 10.1. The Morgan fingerprint density at radius 3 is 2.19 bits per heavy atom. The molecule has 1 aromatic rings. The summed E-state index contributed by atoms with van der Waals surface area (Å²) in [5.41, 5.74) is 6.33. The molecule has 2 atom stereocenters. The van der Waals surface area contributed by atoms with Crippen LogP contribution in [0.1, 0.15) is 5.56 Å². The molecule has 0 aromatic heterocycles. The first-order valence-corrected chi connectivity index (χ1v) is 7.41. The van der Waals surface area contributed by atoms with Crippen molar-refractivity contribution in [2.24, 2.45) is 5.73 Å². The summed E-state index contributed by atoms with van der Waals surface area (Å²) in [6, 6.07) is 7.46. The highest BCUT2D eigenvalue weighted by molar-refractivity contribution is 5.84. The van der Waals surface area contributed by atoms with Crippen molar-refractivity contribution in [2.75, 3.05) is 13.1 Å². The fourth-order valence-corrected chi connectivity index (χ4v) is 1.87. The van der Waals surface area contributed by atoms with E-state index in [1.165, 1.54) is 0 Å². The Balaban J connectivity index is 2.51. The van der Waals surface area contributed by atoms with Gasteiger partial charge in [0.25, 0.3) is 5.91 Å². The van der Waals surface area contributed by atoms with Gasteiger partial charge in [0.05, 0.1) is 12.6 Å². The summed E-state index contributed by atoms with van der Waals surface area (Å²) < 4.78 is 62.9. The van der Waals surface area contributed by atoms with Crippen LogP contribution in [-0.4, -0.2) is 54.3 Å². The smallest absolute Gasteiger partial charge is 0.384 e. The number of amides is 2. The molecule has 0 radical (unpaired) electrons. The van der Waals surface area contributed by atoms with E-state index in [0.29, 0.717) is 5.56 Å². The summed E-state index contributed by atoms with van der Waals surface area (Å²) >= 11 is 0. The maximum Gasteiger partial charge on any atom is 0.405 e. The van der Waals surface area contributed by atoms with Crippen molar-refractivity contribution in [1.29, 1.82) is 0 Å².